The number of pyridine rings is 1. The molecule has 212 valence electrons. The fraction of sp³-hybridized carbons (Fsp3) is 0.107. The average Bonchev–Trinajstić information content (AvgIpc) is 3.52. The number of nitro groups is 1. The van der Waals surface area contributed by atoms with Crippen molar-refractivity contribution in [1.82, 2.24) is 24.8 Å². The number of ether oxygens (including phenoxy) is 1. The number of halogens is 1. The summed E-state index contributed by atoms with van der Waals surface area (Å²) in [7, 11) is 1.44. The number of hydrogen-bond donors (Lipinski definition) is 2. The molecular weight excluding hydrogens is 564 g/mol. The largest absolute Gasteiger partial charge is 0.495 e. The smallest absolute Gasteiger partial charge is 0.271 e. The van der Waals surface area contributed by atoms with Gasteiger partial charge in [-0.1, -0.05) is 41.9 Å². The van der Waals surface area contributed by atoms with E-state index in [-0.39, 0.29) is 29.2 Å². The lowest BCUT2D eigenvalue weighted by Gasteiger charge is -2.22. The highest BCUT2D eigenvalue weighted by Gasteiger charge is 2.26. The van der Waals surface area contributed by atoms with E-state index in [0.29, 0.717) is 21.8 Å². The number of non-ortho nitro benzene ring substituents is 1. The van der Waals surface area contributed by atoms with Crippen molar-refractivity contribution < 1.29 is 14.5 Å². The third-order valence-corrected chi connectivity index (χ3v) is 6.76. The van der Waals surface area contributed by atoms with Crippen molar-refractivity contribution in [3.8, 4) is 22.6 Å². The standard InChI is InChI=1S/C28H23ClN8O5/c1-42-26-15-35(27(38)14-21(26)20-12-18(29)7-10-24(20)36-16-31-33-34-36)25(11-17-5-3-2-4-6-17)28(39)32-23-9-8-19(37(40)41)13-22(23)30/h2-10,12-16,25H,11,30H2,1H3,(H,32,39). The molecule has 14 heteroatoms. The number of nitrogens with two attached hydrogens (primary N) is 1. The lowest BCUT2D eigenvalue weighted by molar-refractivity contribution is -0.384. The third kappa shape index (κ3) is 5.81. The average molecular weight is 587 g/mol. The molecule has 3 N–H and O–H groups in total. The Hall–Kier alpha value is -5.56. The molecule has 0 saturated heterocycles. The van der Waals surface area contributed by atoms with Gasteiger partial charge in [0.15, 0.2) is 0 Å². The van der Waals surface area contributed by atoms with Crippen LogP contribution in [0.15, 0.2) is 90.1 Å². The van der Waals surface area contributed by atoms with Crippen LogP contribution in [0, 0.1) is 10.1 Å². The number of anilines is 2. The van der Waals surface area contributed by atoms with E-state index in [0.717, 1.165) is 11.6 Å². The Kier molecular flexibility index (Phi) is 7.93. The summed E-state index contributed by atoms with van der Waals surface area (Å²) < 4.78 is 8.38. The number of carbonyl (C=O) groups excluding carboxylic acids is 1. The van der Waals surface area contributed by atoms with Crippen LogP contribution in [0.1, 0.15) is 11.6 Å². The number of amides is 1. The van der Waals surface area contributed by atoms with Gasteiger partial charge >= 0.3 is 0 Å². The maximum absolute atomic E-state index is 13.7. The second-order valence-corrected chi connectivity index (χ2v) is 9.58. The molecule has 0 fully saturated rings. The quantitative estimate of drug-likeness (QED) is 0.147. The lowest BCUT2D eigenvalue weighted by atomic mass is 10.0. The number of nitrogens with zero attached hydrogens (tertiary/aromatic N) is 6. The number of tetrazole rings is 1. The van der Waals surface area contributed by atoms with Crippen LogP contribution in [0.2, 0.25) is 5.02 Å². The molecule has 0 aliphatic rings. The molecule has 1 atom stereocenters. The minimum Gasteiger partial charge on any atom is -0.495 e. The zero-order valence-electron chi connectivity index (χ0n) is 22.0. The van der Waals surface area contributed by atoms with Crippen molar-refractivity contribution in [2.45, 2.75) is 12.5 Å². The van der Waals surface area contributed by atoms with E-state index in [2.05, 4.69) is 20.8 Å². The number of aromatic nitrogens is 5. The van der Waals surface area contributed by atoms with E-state index in [1.165, 1.54) is 47.1 Å². The van der Waals surface area contributed by atoms with Gasteiger partial charge < -0.3 is 15.8 Å². The van der Waals surface area contributed by atoms with E-state index in [4.69, 9.17) is 22.1 Å². The van der Waals surface area contributed by atoms with Gasteiger partial charge in [-0.25, -0.2) is 0 Å². The molecule has 0 aliphatic heterocycles. The molecule has 5 aromatic rings. The first-order chi connectivity index (χ1) is 20.2. The van der Waals surface area contributed by atoms with Gasteiger partial charge in [0, 0.05) is 40.8 Å². The summed E-state index contributed by atoms with van der Waals surface area (Å²) in [5.41, 5.74) is 7.73. The minimum absolute atomic E-state index is 0.00683. The second-order valence-electron chi connectivity index (χ2n) is 9.14. The van der Waals surface area contributed by atoms with Crippen LogP contribution in [0.5, 0.6) is 5.75 Å². The van der Waals surface area contributed by atoms with Gasteiger partial charge in [-0.05, 0) is 40.3 Å². The van der Waals surface area contributed by atoms with Gasteiger partial charge in [-0.2, -0.15) is 4.68 Å². The van der Waals surface area contributed by atoms with Crippen LogP contribution in [0.4, 0.5) is 17.1 Å². The number of carbonyl (C=O) groups is 1. The van der Waals surface area contributed by atoms with Gasteiger partial charge in [0.25, 0.3) is 11.2 Å². The zero-order valence-corrected chi connectivity index (χ0v) is 22.8. The van der Waals surface area contributed by atoms with Crippen LogP contribution < -0.4 is 21.3 Å². The topological polar surface area (TPSA) is 173 Å². The Morgan fingerprint density at radius 1 is 1.12 bits per heavy atom. The zero-order chi connectivity index (χ0) is 29.8. The van der Waals surface area contributed by atoms with Crippen LogP contribution in [0.25, 0.3) is 16.8 Å². The van der Waals surface area contributed by atoms with Gasteiger partial charge in [-0.15, -0.1) is 5.10 Å². The molecule has 3 aromatic carbocycles. The summed E-state index contributed by atoms with van der Waals surface area (Å²) in [4.78, 5) is 37.9. The number of nitrogen functional groups attached to an aromatic ring is 1. The molecule has 1 unspecified atom stereocenters. The summed E-state index contributed by atoms with van der Waals surface area (Å²) in [6, 6.07) is 18.2. The van der Waals surface area contributed by atoms with Crippen molar-refractivity contribution in [2.75, 3.05) is 18.2 Å². The number of methoxy groups -OCH3 is 1. The van der Waals surface area contributed by atoms with E-state index >= 15 is 0 Å². The summed E-state index contributed by atoms with van der Waals surface area (Å²) in [6.07, 6.45) is 3.01. The number of benzene rings is 3. The van der Waals surface area contributed by atoms with Crippen LogP contribution >= 0.6 is 11.6 Å². The maximum atomic E-state index is 13.7. The highest BCUT2D eigenvalue weighted by Crippen LogP contribution is 2.35. The van der Waals surface area contributed by atoms with Crippen molar-refractivity contribution >= 4 is 34.6 Å². The molecule has 0 aliphatic carbocycles. The van der Waals surface area contributed by atoms with E-state index in [1.807, 2.05) is 30.3 Å². The van der Waals surface area contributed by atoms with E-state index in [1.54, 1.807) is 18.2 Å². The first-order valence-corrected chi connectivity index (χ1v) is 12.8. The third-order valence-electron chi connectivity index (χ3n) is 6.52. The lowest BCUT2D eigenvalue weighted by Crippen LogP contribution is -2.34. The van der Waals surface area contributed by atoms with Gasteiger partial charge in [0.05, 0.1) is 35.3 Å². The molecule has 0 radical (unpaired) electrons. The van der Waals surface area contributed by atoms with E-state index < -0.39 is 22.4 Å². The Bertz CT molecular complexity index is 1830. The highest BCUT2D eigenvalue weighted by atomic mass is 35.5. The molecule has 2 heterocycles. The molecule has 0 saturated carbocycles. The highest BCUT2D eigenvalue weighted by molar-refractivity contribution is 6.31. The normalized spacial score (nSPS) is 11.6. The Balaban J connectivity index is 1.59. The van der Waals surface area contributed by atoms with Gasteiger partial charge in [0.2, 0.25) is 5.91 Å². The van der Waals surface area contributed by atoms with Crippen LogP contribution in [-0.2, 0) is 11.2 Å². The minimum atomic E-state index is -1.05. The number of nitrogens with one attached hydrogen (secondary N) is 1. The fourth-order valence-electron chi connectivity index (χ4n) is 4.49. The summed E-state index contributed by atoms with van der Waals surface area (Å²) in [6.45, 7) is 0. The molecule has 0 bridgehead atoms. The summed E-state index contributed by atoms with van der Waals surface area (Å²) in [5, 5.41) is 25.5. The summed E-state index contributed by atoms with van der Waals surface area (Å²) >= 11 is 6.31. The molecule has 42 heavy (non-hydrogen) atoms. The molecule has 13 nitrogen and oxygen atoms in total. The van der Waals surface area contributed by atoms with E-state index in [9.17, 15) is 19.7 Å². The molecule has 5 rings (SSSR count). The Labute approximate surface area is 243 Å². The number of hydrogen-bond acceptors (Lipinski definition) is 9. The molecule has 2 aromatic heterocycles. The monoisotopic (exact) mass is 586 g/mol. The molecule has 1 amide bonds. The first-order valence-electron chi connectivity index (χ1n) is 12.5. The van der Waals surface area contributed by atoms with Crippen molar-refractivity contribution in [3.05, 3.63) is 116 Å². The maximum Gasteiger partial charge on any atom is 0.271 e. The van der Waals surface area contributed by atoms with Crippen molar-refractivity contribution in [2.24, 2.45) is 0 Å². The molecule has 0 spiro atoms. The Morgan fingerprint density at radius 2 is 1.90 bits per heavy atom. The van der Waals surface area contributed by atoms with Gasteiger partial charge in [0.1, 0.15) is 18.1 Å². The van der Waals surface area contributed by atoms with Gasteiger partial charge in [-0.3, -0.25) is 24.3 Å². The number of nitro benzene ring substituents is 1. The van der Waals surface area contributed by atoms with Crippen molar-refractivity contribution in [1.29, 1.82) is 0 Å². The predicted molar refractivity (Wildman–Crippen MR) is 156 cm³/mol. The molecular formula is C28H23ClN8O5. The Morgan fingerprint density at radius 3 is 2.57 bits per heavy atom. The second kappa shape index (κ2) is 11.9. The number of rotatable bonds is 9. The summed E-state index contributed by atoms with van der Waals surface area (Å²) in [5.74, 6) is -0.277. The first kappa shape index (κ1) is 28.0. The fourth-order valence-corrected chi connectivity index (χ4v) is 4.66. The SMILES string of the molecule is COc1cn(C(Cc2ccccc2)C(=O)Nc2ccc([N+](=O)[O-])cc2N)c(=O)cc1-c1cc(Cl)ccc1-n1cnnn1. The van der Waals surface area contributed by atoms with Crippen molar-refractivity contribution in [3.63, 3.8) is 0 Å². The predicted octanol–water partition coefficient (Wildman–Crippen LogP) is 4.07. The van der Waals surface area contributed by atoms with Crippen LogP contribution in [0.3, 0.4) is 0 Å². The van der Waals surface area contributed by atoms with Crippen LogP contribution in [-0.4, -0.2) is 42.7 Å².